The van der Waals surface area contributed by atoms with E-state index >= 15 is 0 Å². The van der Waals surface area contributed by atoms with Crippen LogP contribution in [0.3, 0.4) is 0 Å². The maximum absolute atomic E-state index is 6.22. The normalized spacial score (nSPS) is 19.9. The molecule has 90 valence electrons. The number of rotatable bonds is 3. The topological polar surface area (TPSA) is 43.8 Å². The van der Waals surface area contributed by atoms with Gasteiger partial charge in [0.05, 0.1) is 16.9 Å². The molecule has 16 heavy (non-hydrogen) atoms. The predicted molar refractivity (Wildman–Crippen MR) is 69.8 cm³/mol. The molecule has 1 aliphatic rings. The Kier molecular flexibility index (Phi) is 4.16. The Morgan fingerprint density at radius 2 is 2.31 bits per heavy atom. The van der Waals surface area contributed by atoms with E-state index in [-0.39, 0.29) is 6.04 Å². The van der Waals surface area contributed by atoms with E-state index in [0.29, 0.717) is 5.02 Å². The minimum atomic E-state index is 0.0214. The number of nitrogens with zero attached hydrogens (tertiary/aromatic N) is 2. The van der Waals surface area contributed by atoms with Gasteiger partial charge >= 0.3 is 0 Å². The van der Waals surface area contributed by atoms with Crippen molar-refractivity contribution in [2.24, 2.45) is 18.7 Å². The zero-order valence-corrected chi connectivity index (χ0v) is 11.1. The maximum Gasteiger partial charge on any atom is 0.0833 e. The van der Waals surface area contributed by atoms with Gasteiger partial charge in [0.25, 0.3) is 0 Å². The molecule has 0 saturated carbocycles. The maximum atomic E-state index is 6.22. The van der Waals surface area contributed by atoms with Gasteiger partial charge in [-0.1, -0.05) is 11.6 Å². The summed E-state index contributed by atoms with van der Waals surface area (Å²) in [5.41, 5.74) is 7.19. The first kappa shape index (κ1) is 12.3. The summed E-state index contributed by atoms with van der Waals surface area (Å²) in [5, 5.41) is 4.83. The predicted octanol–water partition coefficient (Wildman–Crippen LogP) is 2.61. The van der Waals surface area contributed by atoms with Crippen molar-refractivity contribution in [1.29, 1.82) is 0 Å². The molecular formula is C11H18ClN3S. The molecule has 5 heteroatoms. The van der Waals surface area contributed by atoms with E-state index in [9.17, 15) is 0 Å². The van der Waals surface area contributed by atoms with E-state index < -0.39 is 0 Å². The molecular weight excluding hydrogens is 242 g/mol. The number of halogens is 1. The lowest BCUT2D eigenvalue weighted by Crippen LogP contribution is -2.21. The lowest BCUT2D eigenvalue weighted by molar-refractivity contribution is 0.403. The van der Waals surface area contributed by atoms with Crippen molar-refractivity contribution in [2.75, 3.05) is 11.5 Å². The molecule has 1 aliphatic heterocycles. The van der Waals surface area contributed by atoms with E-state index in [4.69, 9.17) is 17.3 Å². The van der Waals surface area contributed by atoms with Crippen molar-refractivity contribution < 1.29 is 0 Å². The van der Waals surface area contributed by atoms with Gasteiger partial charge in [-0.05, 0) is 36.7 Å². The molecule has 1 aromatic rings. The minimum Gasteiger partial charge on any atom is -0.323 e. The third-order valence-corrected chi connectivity index (χ3v) is 4.56. The average molecular weight is 260 g/mol. The first-order valence-electron chi connectivity index (χ1n) is 5.69. The highest BCUT2D eigenvalue weighted by molar-refractivity contribution is 7.99. The molecule has 0 amide bonds. The van der Waals surface area contributed by atoms with Crippen LogP contribution in [0.2, 0.25) is 5.02 Å². The van der Waals surface area contributed by atoms with Crippen LogP contribution in [-0.4, -0.2) is 21.3 Å². The first-order valence-corrected chi connectivity index (χ1v) is 7.22. The van der Waals surface area contributed by atoms with Gasteiger partial charge in [-0.3, -0.25) is 4.68 Å². The van der Waals surface area contributed by atoms with E-state index in [1.807, 2.05) is 18.8 Å². The van der Waals surface area contributed by atoms with Crippen LogP contribution in [0.4, 0.5) is 0 Å². The summed E-state index contributed by atoms with van der Waals surface area (Å²) >= 11 is 8.14. The fourth-order valence-electron chi connectivity index (χ4n) is 2.29. The molecule has 0 aromatic carbocycles. The molecule has 2 N–H and O–H groups in total. The van der Waals surface area contributed by atoms with E-state index in [1.54, 1.807) is 10.9 Å². The highest BCUT2D eigenvalue weighted by Crippen LogP contribution is 2.31. The summed E-state index contributed by atoms with van der Waals surface area (Å²) in [7, 11) is 1.90. The highest BCUT2D eigenvalue weighted by Gasteiger charge is 2.21. The number of nitrogens with two attached hydrogens (primary N) is 1. The quantitative estimate of drug-likeness (QED) is 0.908. The zero-order chi connectivity index (χ0) is 11.5. The second-order valence-electron chi connectivity index (χ2n) is 4.40. The molecule has 1 unspecified atom stereocenters. The van der Waals surface area contributed by atoms with Gasteiger partial charge in [0, 0.05) is 13.1 Å². The van der Waals surface area contributed by atoms with Crippen LogP contribution in [0.15, 0.2) is 6.20 Å². The van der Waals surface area contributed by atoms with Gasteiger partial charge in [-0.2, -0.15) is 16.9 Å². The van der Waals surface area contributed by atoms with Crippen LogP contribution < -0.4 is 5.73 Å². The van der Waals surface area contributed by atoms with Gasteiger partial charge in [0.15, 0.2) is 0 Å². The van der Waals surface area contributed by atoms with Crippen molar-refractivity contribution >= 4 is 23.4 Å². The third kappa shape index (κ3) is 2.73. The largest absolute Gasteiger partial charge is 0.323 e. The van der Waals surface area contributed by atoms with Crippen LogP contribution in [0, 0.1) is 5.92 Å². The molecule has 0 aliphatic carbocycles. The molecule has 2 rings (SSSR count). The summed E-state index contributed by atoms with van der Waals surface area (Å²) in [6, 6.07) is 0.0214. The van der Waals surface area contributed by atoms with E-state index in [0.717, 1.165) is 18.0 Å². The number of aryl methyl sites for hydroxylation is 1. The molecule has 0 spiro atoms. The molecule has 0 bridgehead atoms. The zero-order valence-electron chi connectivity index (χ0n) is 9.53. The Labute approximate surface area is 106 Å². The second-order valence-corrected chi connectivity index (χ2v) is 6.03. The molecule has 1 atom stereocenters. The van der Waals surface area contributed by atoms with Gasteiger partial charge in [-0.15, -0.1) is 0 Å². The van der Waals surface area contributed by atoms with Crippen molar-refractivity contribution in [3.05, 3.63) is 16.9 Å². The Morgan fingerprint density at radius 3 is 2.88 bits per heavy atom. The van der Waals surface area contributed by atoms with Crippen LogP contribution in [0.1, 0.15) is 31.0 Å². The Hall–Kier alpha value is -0.190. The second kappa shape index (κ2) is 5.43. The van der Waals surface area contributed by atoms with E-state index in [1.165, 1.54) is 24.3 Å². The van der Waals surface area contributed by atoms with Crippen molar-refractivity contribution in [3.8, 4) is 0 Å². The van der Waals surface area contributed by atoms with Gasteiger partial charge < -0.3 is 5.73 Å². The number of thioether (sulfide) groups is 1. The standard InChI is InChI=1S/C11H18ClN3S/c1-15-11(9(12)7-14-15)10(13)6-8-2-4-16-5-3-8/h7-8,10H,2-6,13H2,1H3. The monoisotopic (exact) mass is 259 g/mol. The summed E-state index contributed by atoms with van der Waals surface area (Å²) in [6.07, 6.45) is 5.27. The number of aromatic nitrogens is 2. The Morgan fingerprint density at radius 1 is 1.62 bits per heavy atom. The molecule has 2 heterocycles. The van der Waals surface area contributed by atoms with E-state index in [2.05, 4.69) is 5.10 Å². The van der Waals surface area contributed by atoms with Crippen LogP contribution in [0.25, 0.3) is 0 Å². The molecule has 1 saturated heterocycles. The van der Waals surface area contributed by atoms with Gasteiger partial charge in [0.2, 0.25) is 0 Å². The number of hydrogen-bond donors (Lipinski definition) is 1. The summed E-state index contributed by atoms with van der Waals surface area (Å²) in [6.45, 7) is 0. The van der Waals surface area contributed by atoms with Crippen molar-refractivity contribution in [1.82, 2.24) is 9.78 Å². The van der Waals surface area contributed by atoms with Crippen molar-refractivity contribution in [2.45, 2.75) is 25.3 Å². The molecule has 3 nitrogen and oxygen atoms in total. The Balaban J connectivity index is 1.99. The van der Waals surface area contributed by atoms with Crippen LogP contribution in [0.5, 0.6) is 0 Å². The summed E-state index contributed by atoms with van der Waals surface area (Å²) in [5.74, 6) is 3.30. The first-order chi connectivity index (χ1) is 7.68. The summed E-state index contributed by atoms with van der Waals surface area (Å²) < 4.78 is 1.80. The third-order valence-electron chi connectivity index (χ3n) is 3.22. The SMILES string of the molecule is Cn1ncc(Cl)c1C(N)CC1CCSCC1. The number of hydrogen-bond acceptors (Lipinski definition) is 3. The lowest BCUT2D eigenvalue weighted by atomic mass is 9.93. The minimum absolute atomic E-state index is 0.0214. The molecule has 0 radical (unpaired) electrons. The lowest BCUT2D eigenvalue weighted by Gasteiger charge is -2.24. The highest BCUT2D eigenvalue weighted by atomic mass is 35.5. The average Bonchev–Trinajstić information content (AvgIpc) is 2.60. The molecule has 1 aromatic heterocycles. The Bertz CT molecular complexity index is 327. The fourth-order valence-corrected chi connectivity index (χ4v) is 3.80. The summed E-state index contributed by atoms with van der Waals surface area (Å²) in [4.78, 5) is 0. The fraction of sp³-hybridized carbons (Fsp3) is 0.727. The van der Waals surface area contributed by atoms with Crippen LogP contribution >= 0.6 is 23.4 Å². The molecule has 1 fully saturated rings. The van der Waals surface area contributed by atoms with Crippen LogP contribution in [-0.2, 0) is 7.05 Å². The van der Waals surface area contributed by atoms with Crippen molar-refractivity contribution in [3.63, 3.8) is 0 Å². The smallest absolute Gasteiger partial charge is 0.0833 e. The van der Waals surface area contributed by atoms with Gasteiger partial charge in [-0.25, -0.2) is 0 Å². The van der Waals surface area contributed by atoms with Gasteiger partial charge in [0.1, 0.15) is 0 Å².